The second-order valence-electron chi connectivity index (χ2n) is 1.92. The quantitative estimate of drug-likeness (QED) is 0.353. The Morgan fingerprint density at radius 2 is 1.75 bits per heavy atom. The van der Waals surface area contributed by atoms with Crippen molar-refractivity contribution < 1.29 is 13.8 Å². The summed E-state index contributed by atoms with van der Waals surface area (Å²) >= 11 is 0. The van der Waals surface area contributed by atoms with Gasteiger partial charge in [0.25, 0.3) is 0 Å². The van der Waals surface area contributed by atoms with Crippen LogP contribution in [-0.2, 0) is 13.8 Å². The number of epoxide rings is 1. The molecule has 0 aromatic carbocycles. The zero-order chi connectivity index (χ0) is 5.40. The van der Waals surface area contributed by atoms with Crippen molar-refractivity contribution in [3.63, 3.8) is 0 Å². The molecular weight excluding hydrogens is 127 g/mol. The molecule has 2 atom stereocenters. The molecule has 0 saturated carbocycles. The standard InChI is InChI=1S/C4H7O3P/c1-3-4(7-3)2-6-8-5-1/h3-4,8H,1-2H2. The van der Waals surface area contributed by atoms with Crippen molar-refractivity contribution in [2.24, 2.45) is 0 Å². The maximum atomic E-state index is 5.11. The average Bonchev–Trinajstić information content (AvgIpc) is 2.36. The summed E-state index contributed by atoms with van der Waals surface area (Å²) in [5.74, 6) is 0. The lowest BCUT2D eigenvalue weighted by molar-refractivity contribution is 0.210. The summed E-state index contributed by atoms with van der Waals surface area (Å²) in [6.07, 6.45) is 0.704. The van der Waals surface area contributed by atoms with Crippen LogP contribution in [0.3, 0.4) is 0 Å². The van der Waals surface area contributed by atoms with E-state index in [1.54, 1.807) is 0 Å². The highest BCUT2D eigenvalue weighted by molar-refractivity contribution is 7.26. The van der Waals surface area contributed by atoms with Gasteiger partial charge in [0.1, 0.15) is 12.2 Å². The second-order valence-corrected chi connectivity index (χ2v) is 2.66. The van der Waals surface area contributed by atoms with E-state index in [0.717, 1.165) is 13.2 Å². The van der Waals surface area contributed by atoms with Gasteiger partial charge in [-0.05, 0) is 0 Å². The van der Waals surface area contributed by atoms with Crippen molar-refractivity contribution >= 4 is 9.03 Å². The fourth-order valence-corrected chi connectivity index (χ4v) is 1.29. The first-order valence-corrected chi connectivity index (χ1v) is 3.42. The zero-order valence-corrected chi connectivity index (χ0v) is 5.29. The fourth-order valence-electron chi connectivity index (χ4n) is 0.746. The van der Waals surface area contributed by atoms with Crippen molar-refractivity contribution in [3.05, 3.63) is 0 Å². The number of ether oxygens (including phenoxy) is 1. The van der Waals surface area contributed by atoms with E-state index in [1.807, 2.05) is 0 Å². The first-order chi connectivity index (χ1) is 3.97. The van der Waals surface area contributed by atoms with Gasteiger partial charge in [0.2, 0.25) is 0 Å². The van der Waals surface area contributed by atoms with E-state index in [0.29, 0.717) is 12.2 Å². The van der Waals surface area contributed by atoms with Crippen LogP contribution < -0.4 is 0 Å². The van der Waals surface area contributed by atoms with Crippen LogP contribution in [0.4, 0.5) is 0 Å². The Hall–Kier alpha value is 0.310. The molecule has 4 heteroatoms. The number of hydrogen-bond donors (Lipinski definition) is 0. The Morgan fingerprint density at radius 1 is 1.12 bits per heavy atom. The van der Waals surface area contributed by atoms with Crippen LogP contribution in [0.2, 0.25) is 0 Å². The smallest absolute Gasteiger partial charge is 0.155 e. The highest BCUT2D eigenvalue weighted by Crippen LogP contribution is 2.31. The summed E-state index contributed by atoms with van der Waals surface area (Å²) < 4.78 is 15.2. The van der Waals surface area contributed by atoms with Crippen LogP contribution in [0.5, 0.6) is 0 Å². The van der Waals surface area contributed by atoms with Gasteiger partial charge < -0.3 is 13.8 Å². The van der Waals surface area contributed by atoms with E-state index in [2.05, 4.69) is 0 Å². The summed E-state index contributed by atoms with van der Waals surface area (Å²) in [4.78, 5) is 0. The van der Waals surface area contributed by atoms with Gasteiger partial charge in [-0.3, -0.25) is 0 Å². The van der Waals surface area contributed by atoms with Crippen molar-refractivity contribution in [1.29, 1.82) is 0 Å². The monoisotopic (exact) mass is 134 g/mol. The highest BCUT2D eigenvalue weighted by atomic mass is 31.1. The number of rotatable bonds is 0. The molecule has 2 unspecified atom stereocenters. The van der Waals surface area contributed by atoms with Crippen LogP contribution >= 0.6 is 9.03 Å². The van der Waals surface area contributed by atoms with E-state index < -0.39 is 0 Å². The molecule has 3 nitrogen and oxygen atoms in total. The summed E-state index contributed by atoms with van der Waals surface area (Å²) in [5, 5.41) is 0. The van der Waals surface area contributed by atoms with E-state index >= 15 is 0 Å². The maximum Gasteiger partial charge on any atom is 0.155 e. The molecule has 2 saturated heterocycles. The van der Waals surface area contributed by atoms with Crippen molar-refractivity contribution in [2.75, 3.05) is 13.2 Å². The van der Waals surface area contributed by atoms with E-state index in [1.165, 1.54) is 0 Å². The molecule has 46 valence electrons. The predicted molar refractivity (Wildman–Crippen MR) is 28.9 cm³/mol. The van der Waals surface area contributed by atoms with Gasteiger partial charge in [-0.2, -0.15) is 0 Å². The fraction of sp³-hybridized carbons (Fsp3) is 1.00. The molecule has 0 amide bonds. The molecular formula is C4H7O3P. The number of hydrogen-bond acceptors (Lipinski definition) is 3. The van der Waals surface area contributed by atoms with Crippen LogP contribution in [0.15, 0.2) is 0 Å². The lowest BCUT2D eigenvalue weighted by Gasteiger charge is -1.95. The zero-order valence-electron chi connectivity index (χ0n) is 4.29. The Morgan fingerprint density at radius 3 is 2.38 bits per heavy atom. The van der Waals surface area contributed by atoms with Crippen molar-refractivity contribution in [3.8, 4) is 0 Å². The van der Waals surface area contributed by atoms with Crippen LogP contribution in [-0.4, -0.2) is 25.4 Å². The normalized spacial score (nSPS) is 48.0. The van der Waals surface area contributed by atoms with Gasteiger partial charge in [0.05, 0.1) is 13.2 Å². The third-order valence-electron chi connectivity index (χ3n) is 1.30. The molecule has 0 spiro atoms. The largest absolute Gasteiger partial charge is 0.365 e. The molecule has 2 aliphatic rings. The Bertz CT molecular complexity index is 87.3. The molecule has 2 fully saturated rings. The predicted octanol–water partition coefficient (Wildman–Crippen LogP) is 0.309. The van der Waals surface area contributed by atoms with Crippen LogP contribution in [0.25, 0.3) is 0 Å². The van der Waals surface area contributed by atoms with E-state index in [9.17, 15) is 0 Å². The summed E-state index contributed by atoms with van der Waals surface area (Å²) in [6.45, 7) is 1.45. The molecule has 0 bridgehead atoms. The molecule has 2 heterocycles. The lowest BCUT2D eigenvalue weighted by atomic mass is 10.3. The summed E-state index contributed by atoms with van der Waals surface area (Å²) in [5.41, 5.74) is 0. The minimum Gasteiger partial charge on any atom is -0.365 e. The van der Waals surface area contributed by atoms with Gasteiger partial charge in [-0.25, -0.2) is 0 Å². The van der Waals surface area contributed by atoms with Crippen LogP contribution in [0.1, 0.15) is 0 Å². The highest BCUT2D eigenvalue weighted by Gasteiger charge is 2.40. The molecule has 0 radical (unpaired) electrons. The lowest BCUT2D eigenvalue weighted by Crippen LogP contribution is -1.99. The van der Waals surface area contributed by atoms with E-state index in [-0.39, 0.29) is 9.03 Å². The Labute approximate surface area is 49.3 Å². The summed E-state index contributed by atoms with van der Waals surface area (Å²) in [6, 6.07) is 0. The third-order valence-corrected chi connectivity index (χ3v) is 1.87. The van der Waals surface area contributed by atoms with Gasteiger partial charge in [-0.15, -0.1) is 0 Å². The topological polar surface area (TPSA) is 31.0 Å². The van der Waals surface area contributed by atoms with Crippen LogP contribution in [0, 0.1) is 0 Å². The van der Waals surface area contributed by atoms with Crippen molar-refractivity contribution in [2.45, 2.75) is 12.2 Å². The Kier molecular flexibility index (Phi) is 1.23. The first kappa shape index (κ1) is 5.12. The summed E-state index contributed by atoms with van der Waals surface area (Å²) in [7, 11) is 0.231. The number of fused-ring (bicyclic) bond motifs is 1. The molecule has 2 aliphatic heterocycles. The first-order valence-electron chi connectivity index (χ1n) is 2.61. The average molecular weight is 134 g/mol. The second kappa shape index (κ2) is 1.92. The molecule has 0 aromatic heterocycles. The van der Waals surface area contributed by atoms with Gasteiger partial charge in [-0.1, -0.05) is 0 Å². The molecule has 0 aromatic rings. The van der Waals surface area contributed by atoms with Gasteiger partial charge >= 0.3 is 0 Å². The SMILES string of the molecule is C1OPOCC2OC12. The molecule has 0 aliphatic carbocycles. The van der Waals surface area contributed by atoms with Gasteiger partial charge in [0, 0.05) is 0 Å². The van der Waals surface area contributed by atoms with Gasteiger partial charge in [0.15, 0.2) is 9.03 Å². The molecule has 2 rings (SSSR count). The molecule has 0 N–H and O–H groups in total. The molecule has 8 heavy (non-hydrogen) atoms. The minimum atomic E-state index is 0.231. The minimum absolute atomic E-state index is 0.231. The third kappa shape index (κ3) is 0.869. The van der Waals surface area contributed by atoms with Crippen molar-refractivity contribution in [1.82, 2.24) is 0 Å². The van der Waals surface area contributed by atoms with E-state index in [4.69, 9.17) is 13.8 Å². The Balaban J connectivity index is 1.89. The maximum absolute atomic E-state index is 5.11.